The van der Waals surface area contributed by atoms with Gasteiger partial charge in [-0.05, 0) is 51.3 Å². The summed E-state index contributed by atoms with van der Waals surface area (Å²) in [5.74, 6) is 0. The monoisotopic (exact) mass is 258 g/mol. The predicted octanol–water partition coefficient (Wildman–Crippen LogP) is 4.84. The van der Waals surface area contributed by atoms with Crippen molar-refractivity contribution in [1.29, 1.82) is 5.41 Å². The maximum atomic E-state index is 7.33. The van der Waals surface area contributed by atoms with Crippen molar-refractivity contribution in [3.63, 3.8) is 0 Å². The second-order valence-corrected chi connectivity index (χ2v) is 4.78. The summed E-state index contributed by atoms with van der Waals surface area (Å²) in [5, 5.41) is 7.33. The van der Waals surface area contributed by atoms with Gasteiger partial charge in [-0.3, -0.25) is 0 Å². The lowest BCUT2D eigenvalue weighted by molar-refractivity contribution is 0.536. The fourth-order valence-corrected chi connectivity index (χ4v) is 1.87. The van der Waals surface area contributed by atoms with E-state index >= 15 is 0 Å². The highest BCUT2D eigenvalue weighted by atomic mass is 15.1. The van der Waals surface area contributed by atoms with E-state index in [4.69, 9.17) is 5.41 Å². The number of nitrogens with one attached hydrogen (secondary N) is 1. The molecular weight excluding hydrogens is 232 g/mol. The molecule has 0 aromatic carbocycles. The highest BCUT2D eigenvalue weighted by Gasteiger charge is 2.11. The third-order valence-electron chi connectivity index (χ3n) is 2.84. The Labute approximate surface area is 118 Å². The molecule has 0 radical (unpaired) electrons. The van der Waals surface area contributed by atoms with Gasteiger partial charge in [0.15, 0.2) is 0 Å². The maximum Gasteiger partial charge on any atom is 0.0449 e. The molecule has 0 rings (SSSR count). The lowest BCUT2D eigenvalue weighted by Gasteiger charge is -2.26. The van der Waals surface area contributed by atoms with Crippen LogP contribution in [0.5, 0.6) is 0 Å². The van der Waals surface area contributed by atoms with Gasteiger partial charge in [-0.25, -0.2) is 0 Å². The number of likely N-dealkylation sites (N-methyl/N-ethyl adjacent to an activating group) is 1. The second-order valence-electron chi connectivity index (χ2n) is 4.78. The number of hydrogen-bond acceptors (Lipinski definition) is 2. The average molecular weight is 258 g/mol. The molecule has 0 bridgehead atoms. The van der Waals surface area contributed by atoms with Gasteiger partial charge in [-0.2, -0.15) is 0 Å². The molecule has 0 saturated carbocycles. The van der Waals surface area contributed by atoms with Crippen molar-refractivity contribution in [3.05, 3.63) is 59.5 Å². The molecule has 0 atom stereocenters. The molecule has 2 heteroatoms. The van der Waals surface area contributed by atoms with Gasteiger partial charge in [-0.1, -0.05) is 30.9 Å². The lowest BCUT2D eigenvalue weighted by atomic mass is 10.1. The van der Waals surface area contributed by atoms with E-state index in [0.717, 1.165) is 34.5 Å². The summed E-state index contributed by atoms with van der Waals surface area (Å²) < 4.78 is 0. The zero-order valence-electron chi connectivity index (χ0n) is 12.9. The van der Waals surface area contributed by atoms with Crippen molar-refractivity contribution in [1.82, 2.24) is 4.90 Å². The SMILES string of the molecule is C=C(C)C/C=C(C)\C(=C/C=N)N(C)/C(=C/C)C(=C)C. The van der Waals surface area contributed by atoms with Crippen LogP contribution < -0.4 is 0 Å². The van der Waals surface area contributed by atoms with E-state index in [1.807, 2.05) is 33.9 Å². The first kappa shape index (κ1) is 17.2. The highest BCUT2D eigenvalue weighted by molar-refractivity contribution is 5.70. The number of hydrogen-bond donors (Lipinski definition) is 1. The molecule has 19 heavy (non-hydrogen) atoms. The van der Waals surface area contributed by atoms with Crippen molar-refractivity contribution in [2.75, 3.05) is 7.05 Å². The van der Waals surface area contributed by atoms with E-state index < -0.39 is 0 Å². The Balaban J connectivity index is 5.40. The Kier molecular flexibility index (Phi) is 7.50. The topological polar surface area (TPSA) is 27.1 Å². The van der Waals surface area contributed by atoms with Crippen LogP contribution in [-0.2, 0) is 0 Å². The van der Waals surface area contributed by atoms with Crippen LogP contribution in [0.4, 0.5) is 0 Å². The van der Waals surface area contributed by atoms with Gasteiger partial charge in [0, 0.05) is 24.7 Å². The lowest BCUT2D eigenvalue weighted by Crippen LogP contribution is -2.19. The van der Waals surface area contributed by atoms with E-state index in [9.17, 15) is 0 Å². The first-order valence-corrected chi connectivity index (χ1v) is 6.43. The highest BCUT2D eigenvalue weighted by Crippen LogP contribution is 2.22. The molecule has 0 aromatic heterocycles. The zero-order chi connectivity index (χ0) is 15.0. The fraction of sp³-hybridized carbons (Fsp3) is 0.353. The Morgan fingerprint density at radius 1 is 1.16 bits per heavy atom. The Hall–Kier alpha value is -1.83. The standard InChI is InChI=1S/C17H26N2/c1-8-16(14(4)5)19(7)17(11-12-18)15(6)10-9-13(2)3/h8,10-12,18H,2,4,9H2,1,3,5-7H3/b15-10-,16-8+,17-11+,18-12?. The molecular formula is C17H26N2. The summed E-state index contributed by atoms with van der Waals surface area (Å²) in [7, 11) is 2.00. The Morgan fingerprint density at radius 2 is 1.74 bits per heavy atom. The van der Waals surface area contributed by atoms with E-state index in [2.05, 4.69) is 31.1 Å². The second kappa shape index (κ2) is 8.30. The van der Waals surface area contributed by atoms with Crippen LogP contribution in [0.1, 0.15) is 34.1 Å². The smallest absolute Gasteiger partial charge is 0.0449 e. The van der Waals surface area contributed by atoms with Gasteiger partial charge < -0.3 is 10.3 Å². The molecule has 0 amide bonds. The van der Waals surface area contributed by atoms with Gasteiger partial charge in [0.25, 0.3) is 0 Å². The van der Waals surface area contributed by atoms with Gasteiger partial charge >= 0.3 is 0 Å². The summed E-state index contributed by atoms with van der Waals surface area (Å²) in [4.78, 5) is 2.07. The Morgan fingerprint density at radius 3 is 2.11 bits per heavy atom. The maximum absolute atomic E-state index is 7.33. The van der Waals surface area contributed by atoms with Crippen LogP contribution >= 0.6 is 0 Å². The van der Waals surface area contributed by atoms with Crippen LogP contribution in [0.2, 0.25) is 0 Å². The van der Waals surface area contributed by atoms with E-state index in [1.54, 1.807) is 6.08 Å². The molecule has 0 saturated heterocycles. The number of rotatable bonds is 7. The zero-order valence-corrected chi connectivity index (χ0v) is 12.9. The first-order valence-electron chi connectivity index (χ1n) is 6.43. The summed E-state index contributed by atoms with van der Waals surface area (Å²) in [6.45, 7) is 16.0. The molecule has 0 fully saturated rings. The van der Waals surface area contributed by atoms with E-state index in [-0.39, 0.29) is 0 Å². The Bertz CT molecular complexity index is 448. The molecule has 0 aliphatic carbocycles. The predicted molar refractivity (Wildman–Crippen MR) is 86.4 cm³/mol. The largest absolute Gasteiger partial charge is 0.344 e. The van der Waals surface area contributed by atoms with Crippen LogP contribution in [-0.4, -0.2) is 18.2 Å². The minimum absolute atomic E-state index is 0.854. The van der Waals surface area contributed by atoms with Crippen LogP contribution in [0.3, 0.4) is 0 Å². The van der Waals surface area contributed by atoms with E-state index in [0.29, 0.717) is 0 Å². The normalized spacial score (nSPS) is 13.2. The number of allylic oxidation sites excluding steroid dienone is 6. The molecule has 104 valence electrons. The molecule has 0 aliphatic heterocycles. The summed E-state index contributed by atoms with van der Waals surface area (Å²) >= 11 is 0. The summed E-state index contributed by atoms with van der Waals surface area (Å²) in [5.41, 5.74) is 5.34. The van der Waals surface area contributed by atoms with Crippen LogP contribution in [0.15, 0.2) is 59.5 Å². The molecule has 0 spiro atoms. The van der Waals surface area contributed by atoms with Gasteiger partial charge in [0.1, 0.15) is 0 Å². The molecule has 0 aliphatic rings. The van der Waals surface area contributed by atoms with Crippen molar-refractivity contribution >= 4 is 6.21 Å². The fourth-order valence-electron chi connectivity index (χ4n) is 1.87. The molecule has 0 heterocycles. The first-order chi connectivity index (χ1) is 8.84. The van der Waals surface area contributed by atoms with Gasteiger partial charge in [0.2, 0.25) is 0 Å². The quantitative estimate of drug-likeness (QED) is 0.395. The van der Waals surface area contributed by atoms with Crippen molar-refractivity contribution in [2.24, 2.45) is 0 Å². The minimum atomic E-state index is 0.854. The van der Waals surface area contributed by atoms with E-state index in [1.165, 1.54) is 6.21 Å². The van der Waals surface area contributed by atoms with Crippen LogP contribution in [0.25, 0.3) is 0 Å². The third-order valence-corrected chi connectivity index (χ3v) is 2.84. The average Bonchev–Trinajstić information content (AvgIpc) is 2.33. The molecule has 0 aromatic rings. The molecule has 1 N–H and O–H groups in total. The van der Waals surface area contributed by atoms with Crippen molar-refractivity contribution in [3.8, 4) is 0 Å². The van der Waals surface area contributed by atoms with Gasteiger partial charge in [0.05, 0.1) is 0 Å². The van der Waals surface area contributed by atoms with Crippen molar-refractivity contribution in [2.45, 2.75) is 34.1 Å². The number of nitrogens with zero attached hydrogens (tertiary/aromatic N) is 1. The minimum Gasteiger partial charge on any atom is -0.344 e. The summed E-state index contributed by atoms with van der Waals surface area (Å²) in [6, 6.07) is 0. The van der Waals surface area contributed by atoms with Crippen molar-refractivity contribution < 1.29 is 0 Å². The van der Waals surface area contributed by atoms with Crippen LogP contribution in [0, 0.1) is 5.41 Å². The van der Waals surface area contributed by atoms with Gasteiger partial charge in [-0.15, -0.1) is 0 Å². The third kappa shape index (κ3) is 5.56. The summed E-state index contributed by atoms with van der Waals surface area (Å²) in [6.07, 6.45) is 8.14. The molecule has 2 nitrogen and oxygen atoms in total. The molecule has 0 unspecified atom stereocenters.